The molecule has 162 valence electrons. The van der Waals surface area contributed by atoms with Crippen molar-refractivity contribution in [2.75, 3.05) is 7.11 Å². The Kier molecular flexibility index (Phi) is 8.46. The maximum absolute atomic E-state index is 12.4. The average Bonchev–Trinajstić information content (AvgIpc) is 2.73. The average molecular weight is 416 g/mol. The molecule has 2 aromatic rings. The maximum Gasteiger partial charge on any atom is 0.328 e. The van der Waals surface area contributed by atoms with Gasteiger partial charge in [-0.05, 0) is 32.4 Å². The van der Waals surface area contributed by atoms with E-state index in [1.807, 2.05) is 37.3 Å². The van der Waals surface area contributed by atoms with Gasteiger partial charge in [-0.2, -0.15) is 0 Å². The molecule has 0 aliphatic carbocycles. The van der Waals surface area contributed by atoms with Gasteiger partial charge in [0.05, 0.1) is 7.11 Å². The van der Waals surface area contributed by atoms with Gasteiger partial charge < -0.3 is 24.6 Å². The SMILES string of the molecule is CC[C@@H](C[C@H](C)OC(=O)[C@H](C)NC(=O)c1nccc(OC)c1O)Oc1ccccc1. The van der Waals surface area contributed by atoms with Crippen LogP contribution >= 0.6 is 0 Å². The van der Waals surface area contributed by atoms with Gasteiger partial charge in [-0.3, -0.25) is 4.79 Å². The Labute approximate surface area is 176 Å². The Morgan fingerprint density at radius 2 is 1.87 bits per heavy atom. The number of rotatable bonds is 10. The molecular weight excluding hydrogens is 388 g/mol. The van der Waals surface area contributed by atoms with Gasteiger partial charge in [0, 0.05) is 18.7 Å². The monoisotopic (exact) mass is 416 g/mol. The highest BCUT2D eigenvalue weighted by atomic mass is 16.5. The summed E-state index contributed by atoms with van der Waals surface area (Å²) in [6.45, 7) is 5.28. The van der Waals surface area contributed by atoms with Crippen LogP contribution in [0.5, 0.6) is 17.2 Å². The molecule has 0 fully saturated rings. The molecule has 2 N–H and O–H groups in total. The Bertz CT molecular complexity index is 843. The molecule has 8 nitrogen and oxygen atoms in total. The predicted molar refractivity (Wildman–Crippen MR) is 111 cm³/mol. The summed E-state index contributed by atoms with van der Waals surface area (Å²) in [4.78, 5) is 28.6. The van der Waals surface area contributed by atoms with Crippen LogP contribution in [0.2, 0.25) is 0 Å². The van der Waals surface area contributed by atoms with Crippen molar-refractivity contribution in [1.82, 2.24) is 10.3 Å². The van der Waals surface area contributed by atoms with Crippen LogP contribution in [0.15, 0.2) is 42.6 Å². The number of aromatic hydroxyl groups is 1. The zero-order valence-corrected chi connectivity index (χ0v) is 17.6. The number of hydrogen-bond donors (Lipinski definition) is 2. The lowest BCUT2D eigenvalue weighted by molar-refractivity contribution is -0.151. The fourth-order valence-electron chi connectivity index (χ4n) is 2.80. The Hall–Kier alpha value is -3.29. The summed E-state index contributed by atoms with van der Waals surface area (Å²) >= 11 is 0. The molecule has 0 saturated carbocycles. The third-order valence-corrected chi connectivity index (χ3v) is 4.44. The van der Waals surface area contributed by atoms with E-state index < -0.39 is 29.8 Å². The number of nitrogens with zero attached hydrogens (tertiary/aromatic N) is 1. The van der Waals surface area contributed by atoms with Crippen LogP contribution in [-0.2, 0) is 9.53 Å². The van der Waals surface area contributed by atoms with Crippen LogP contribution in [-0.4, -0.2) is 47.3 Å². The number of methoxy groups -OCH3 is 1. The molecule has 1 aromatic heterocycles. The standard InChI is InChI=1S/C22H28N2O6/c1-5-16(30-17-9-7-6-8-10-17)13-14(2)29-22(27)15(3)24-21(26)19-20(25)18(28-4)11-12-23-19/h6-12,14-16,25H,5,13H2,1-4H3,(H,24,26)/t14-,15-,16-/m0/s1. The highest BCUT2D eigenvalue weighted by Gasteiger charge is 2.24. The number of aromatic nitrogens is 1. The first-order valence-corrected chi connectivity index (χ1v) is 9.80. The molecule has 0 radical (unpaired) electrons. The minimum atomic E-state index is -0.928. The van der Waals surface area contributed by atoms with E-state index in [4.69, 9.17) is 14.2 Å². The summed E-state index contributed by atoms with van der Waals surface area (Å²) in [5.74, 6) is -0.817. The van der Waals surface area contributed by atoms with Crippen LogP contribution in [0.25, 0.3) is 0 Å². The van der Waals surface area contributed by atoms with E-state index in [1.165, 1.54) is 26.3 Å². The fraction of sp³-hybridized carbons (Fsp3) is 0.409. The van der Waals surface area contributed by atoms with Gasteiger partial charge >= 0.3 is 5.97 Å². The Morgan fingerprint density at radius 3 is 2.50 bits per heavy atom. The summed E-state index contributed by atoms with van der Waals surface area (Å²) in [5, 5.41) is 12.5. The lowest BCUT2D eigenvalue weighted by atomic mass is 10.1. The second kappa shape index (κ2) is 11.0. The topological polar surface area (TPSA) is 107 Å². The second-order valence-corrected chi connectivity index (χ2v) is 6.85. The van der Waals surface area contributed by atoms with Gasteiger partial charge in [-0.25, -0.2) is 9.78 Å². The lowest BCUT2D eigenvalue weighted by Gasteiger charge is -2.23. The van der Waals surface area contributed by atoms with Gasteiger partial charge in [-0.1, -0.05) is 25.1 Å². The highest BCUT2D eigenvalue weighted by Crippen LogP contribution is 2.27. The summed E-state index contributed by atoms with van der Waals surface area (Å²) < 4.78 is 16.3. The van der Waals surface area contributed by atoms with Crippen LogP contribution in [0.1, 0.15) is 44.1 Å². The first-order chi connectivity index (χ1) is 14.3. The van der Waals surface area contributed by atoms with E-state index >= 15 is 0 Å². The van der Waals surface area contributed by atoms with Crippen molar-refractivity contribution in [3.05, 3.63) is 48.3 Å². The molecule has 1 aromatic carbocycles. The number of carbonyl (C=O) groups excluding carboxylic acids is 2. The highest BCUT2D eigenvalue weighted by molar-refractivity contribution is 5.97. The van der Waals surface area contributed by atoms with Gasteiger partial charge in [0.1, 0.15) is 24.0 Å². The number of pyridine rings is 1. The first kappa shape index (κ1) is 23.0. The fourth-order valence-corrected chi connectivity index (χ4v) is 2.80. The lowest BCUT2D eigenvalue weighted by Crippen LogP contribution is -2.41. The predicted octanol–water partition coefficient (Wildman–Crippen LogP) is 3.09. The number of esters is 1. The number of amides is 1. The molecule has 0 bridgehead atoms. The molecule has 0 aliphatic heterocycles. The molecule has 0 aliphatic rings. The van der Waals surface area contributed by atoms with Crippen molar-refractivity contribution in [1.29, 1.82) is 0 Å². The number of carbonyl (C=O) groups is 2. The Balaban J connectivity index is 1.89. The van der Waals surface area contributed by atoms with Crippen molar-refractivity contribution < 1.29 is 28.9 Å². The molecule has 0 unspecified atom stereocenters. The van der Waals surface area contributed by atoms with Gasteiger partial charge in [0.2, 0.25) is 0 Å². The number of ether oxygens (including phenoxy) is 3. The van der Waals surface area contributed by atoms with Crippen molar-refractivity contribution in [2.45, 2.75) is 51.9 Å². The Morgan fingerprint density at radius 1 is 1.17 bits per heavy atom. The number of benzene rings is 1. The number of nitrogens with one attached hydrogen (secondary N) is 1. The van der Waals surface area contributed by atoms with Crippen LogP contribution in [0.3, 0.4) is 0 Å². The van der Waals surface area contributed by atoms with Crippen molar-refractivity contribution in [3.63, 3.8) is 0 Å². The molecular formula is C22H28N2O6. The maximum atomic E-state index is 12.4. The summed E-state index contributed by atoms with van der Waals surface area (Å²) in [7, 11) is 1.36. The third-order valence-electron chi connectivity index (χ3n) is 4.44. The van der Waals surface area contributed by atoms with E-state index in [0.717, 1.165) is 12.2 Å². The molecule has 0 spiro atoms. The van der Waals surface area contributed by atoms with E-state index in [0.29, 0.717) is 6.42 Å². The summed E-state index contributed by atoms with van der Waals surface area (Å²) in [5.41, 5.74) is -0.232. The van der Waals surface area contributed by atoms with E-state index in [-0.39, 0.29) is 17.5 Å². The quantitative estimate of drug-likeness (QED) is 0.573. The minimum absolute atomic E-state index is 0.113. The molecule has 30 heavy (non-hydrogen) atoms. The molecule has 0 saturated heterocycles. The van der Waals surface area contributed by atoms with Crippen LogP contribution < -0.4 is 14.8 Å². The van der Waals surface area contributed by atoms with Crippen molar-refractivity contribution >= 4 is 11.9 Å². The molecule has 1 amide bonds. The van der Waals surface area contributed by atoms with E-state index in [9.17, 15) is 14.7 Å². The normalized spacial score (nSPS) is 13.6. The zero-order valence-electron chi connectivity index (χ0n) is 17.6. The molecule has 2 rings (SSSR count). The van der Waals surface area contributed by atoms with E-state index in [1.54, 1.807) is 6.92 Å². The first-order valence-electron chi connectivity index (χ1n) is 9.80. The smallest absolute Gasteiger partial charge is 0.328 e. The summed E-state index contributed by atoms with van der Waals surface area (Å²) in [6, 6.07) is 9.94. The second-order valence-electron chi connectivity index (χ2n) is 6.85. The van der Waals surface area contributed by atoms with Gasteiger partial charge in [0.15, 0.2) is 17.2 Å². The number of hydrogen-bond acceptors (Lipinski definition) is 7. The summed E-state index contributed by atoms with van der Waals surface area (Å²) in [6.07, 6.45) is 2.07. The van der Waals surface area contributed by atoms with E-state index in [2.05, 4.69) is 10.3 Å². The van der Waals surface area contributed by atoms with Crippen LogP contribution in [0.4, 0.5) is 0 Å². The molecule has 3 atom stereocenters. The minimum Gasteiger partial charge on any atom is -0.503 e. The molecule has 1 heterocycles. The largest absolute Gasteiger partial charge is 0.503 e. The third kappa shape index (κ3) is 6.37. The van der Waals surface area contributed by atoms with Gasteiger partial charge in [-0.15, -0.1) is 0 Å². The van der Waals surface area contributed by atoms with Crippen molar-refractivity contribution in [2.24, 2.45) is 0 Å². The van der Waals surface area contributed by atoms with Crippen molar-refractivity contribution in [3.8, 4) is 17.2 Å². The molecule has 8 heteroatoms. The van der Waals surface area contributed by atoms with Crippen LogP contribution in [0, 0.1) is 0 Å². The number of para-hydroxylation sites is 1. The van der Waals surface area contributed by atoms with Gasteiger partial charge in [0.25, 0.3) is 5.91 Å². The zero-order chi connectivity index (χ0) is 22.1.